The molecule has 1 saturated heterocycles. The van der Waals surface area contributed by atoms with Crippen molar-refractivity contribution < 1.29 is 9.53 Å². The lowest BCUT2D eigenvalue weighted by Gasteiger charge is -2.35. The zero-order valence-corrected chi connectivity index (χ0v) is 8.39. The topological polar surface area (TPSA) is 26.3 Å². The minimum absolute atomic E-state index is 0.0336. The number of esters is 1. The van der Waals surface area contributed by atoms with Crippen LogP contribution in [-0.2, 0) is 9.53 Å². The molecule has 0 aromatic carbocycles. The molecular formula is C10H18O2. The van der Waals surface area contributed by atoms with Crippen molar-refractivity contribution in [3.05, 3.63) is 0 Å². The van der Waals surface area contributed by atoms with Gasteiger partial charge in [-0.05, 0) is 24.7 Å². The van der Waals surface area contributed by atoms with Gasteiger partial charge in [-0.3, -0.25) is 4.79 Å². The second-order valence-electron chi connectivity index (χ2n) is 4.80. The Hall–Kier alpha value is -0.530. The van der Waals surface area contributed by atoms with Gasteiger partial charge < -0.3 is 4.74 Å². The van der Waals surface area contributed by atoms with Crippen molar-refractivity contribution in [3.63, 3.8) is 0 Å². The zero-order valence-electron chi connectivity index (χ0n) is 8.39. The molecule has 2 nitrogen and oxygen atoms in total. The van der Waals surface area contributed by atoms with Crippen molar-refractivity contribution in [1.29, 1.82) is 0 Å². The van der Waals surface area contributed by atoms with Crippen LogP contribution in [0.25, 0.3) is 0 Å². The summed E-state index contributed by atoms with van der Waals surface area (Å²) in [4.78, 5) is 11.1. The van der Waals surface area contributed by atoms with Gasteiger partial charge in [0.15, 0.2) is 0 Å². The third-order valence-corrected chi connectivity index (χ3v) is 2.59. The molecule has 0 spiro atoms. The molecular weight excluding hydrogens is 152 g/mol. The monoisotopic (exact) mass is 170 g/mol. The van der Waals surface area contributed by atoms with Crippen molar-refractivity contribution in [2.45, 2.75) is 46.6 Å². The van der Waals surface area contributed by atoms with E-state index >= 15 is 0 Å². The number of carbonyl (C=O) groups excluding carboxylic acids is 1. The van der Waals surface area contributed by atoms with Gasteiger partial charge in [-0.1, -0.05) is 20.8 Å². The highest BCUT2D eigenvalue weighted by atomic mass is 16.5. The Labute approximate surface area is 74.3 Å². The Balaban J connectivity index is 2.62. The predicted octanol–water partition coefficient (Wildman–Crippen LogP) is 2.37. The average molecular weight is 170 g/mol. The van der Waals surface area contributed by atoms with E-state index in [1.165, 1.54) is 0 Å². The SMILES string of the molecule is CC1CC(C(C)(C)C)CC(=O)O1. The van der Waals surface area contributed by atoms with Gasteiger partial charge >= 0.3 is 5.97 Å². The van der Waals surface area contributed by atoms with Crippen LogP contribution in [0.1, 0.15) is 40.5 Å². The van der Waals surface area contributed by atoms with Crippen LogP contribution in [0.5, 0.6) is 0 Å². The van der Waals surface area contributed by atoms with E-state index in [4.69, 9.17) is 4.74 Å². The fourth-order valence-electron chi connectivity index (χ4n) is 1.67. The summed E-state index contributed by atoms with van der Waals surface area (Å²) in [5.41, 5.74) is 0.230. The van der Waals surface area contributed by atoms with Gasteiger partial charge in [-0.25, -0.2) is 0 Å². The molecule has 0 N–H and O–H groups in total. The van der Waals surface area contributed by atoms with Gasteiger partial charge in [0.2, 0.25) is 0 Å². The minimum atomic E-state index is -0.0336. The van der Waals surface area contributed by atoms with Gasteiger partial charge in [0, 0.05) is 6.42 Å². The first-order valence-corrected chi connectivity index (χ1v) is 4.59. The Morgan fingerprint density at radius 3 is 2.42 bits per heavy atom. The van der Waals surface area contributed by atoms with Gasteiger partial charge in [-0.2, -0.15) is 0 Å². The van der Waals surface area contributed by atoms with Gasteiger partial charge in [-0.15, -0.1) is 0 Å². The van der Waals surface area contributed by atoms with Crippen LogP contribution in [0.4, 0.5) is 0 Å². The highest BCUT2D eigenvalue weighted by Crippen LogP contribution is 2.35. The number of hydrogen-bond acceptors (Lipinski definition) is 2. The summed E-state index contributed by atoms with van der Waals surface area (Å²) in [5, 5.41) is 0. The smallest absolute Gasteiger partial charge is 0.306 e. The molecule has 0 bridgehead atoms. The maximum atomic E-state index is 11.1. The van der Waals surface area contributed by atoms with Crippen LogP contribution >= 0.6 is 0 Å². The molecule has 0 amide bonds. The van der Waals surface area contributed by atoms with E-state index in [1.807, 2.05) is 6.92 Å². The van der Waals surface area contributed by atoms with Crippen molar-refractivity contribution >= 4 is 5.97 Å². The Morgan fingerprint density at radius 1 is 1.42 bits per heavy atom. The molecule has 12 heavy (non-hydrogen) atoms. The molecule has 2 unspecified atom stereocenters. The first kappa shape index (κ1) is 9.56. The van der Waals surface area contributed by atoms with Crippen molar-refractivity contribution in [3.8, 4) is 0 Å². The Bertz CT molecular complexity index is 179. The Morgan fingerprint density at radius 2 is 2.00 bits per heavy atom. The normalized spacial score (nSPS) is 31.5. The average Bonchev–Trinajstić information content (AvgIpc) is 1.82. The summed E-state index contributed by atoms with van der Waals surface area (Å²) in [6.07, 6.45) is 1.71. The first-order valence-electron chi connectivity index (χ1n) is 4.59. The highest BCUT2D eigenvalue weighted by Gasteiger charge is 2.33. The van der Waals surface area contributed by atoms with Crippen molar-refractivity contribution in [2.75, 3.05) is 0 Å². The molecule has 0 aromatic heterocycles. The lowest BCUT2D eigenvalue weighted by molar-refractivity contribution is -0.158. The lowest BCUT2D eigenvalue weighted by atomic mass is 9.75. The van der Waals surface area contributed by atoms with Crippen molar-refractivity contribution in [2.24, 2.45) is 11.3 Å². The van der Waals surface area contributed by atoms with Gasteiger partial charge in [0.25, 0.3) is 0 Å². The third kappa shape index (κ3) is 2.23. The lowest BCUT2D eigenvalue weighted by Crippen LogP contribution is -2.34. The van der Waals surface area contributed by atoms with Crippen LogP contribution in [0.3, 0.4) is 0 Å². The van der Waals surface area contributed by atoms with E-state index < -0.39 is 0 Å². The molecule has 1 heterocycles. The maximum Gasteiger partial charge on any atom is 0.306 e. The largest absolute Gasteiger partial charge is 0.463 e. The maximum absolute atomic E-state index is 11.1. The van der Waals surface area contributed by atoms with Crippen LogP contribution in [0.2, 0.25) is 0 Å². The summed E-state index contributed by atoms with van der Waals surface area (Å²) in [6.45, 7) is 8.52. The molecule has 70 valence electrons. The molecule has 2 atom stereocenters. The van der Waals surface area contributed by atoms with Gasteiger partial charge in [0.05, 0.1) is 6.10 Å². The summed E-state index contributed by atoms with van der Waals surface area (Å²) in [6, 6.07) is 0. The van der Waals surface area contributed by atoms with Crippen LogP contribution in [-0.4, -0.2) is 12.1 Å². The van der Waals surface area contributed by atoms with Gasteiger partial charge in [0.1, 0.15) is 0 Å². The second-order valence-corrected chi connectivity index (χ2v) is 4.80. The first-order chi connectivity index (χ1) is 5.39. The number of hydrogen-bond donors (Lipinski definition) is 0. The van der Waals surface area contributed by atoms with E-state index in [9.17, 15) is 4.79 Å². The highest BCUT2D eigenvalue weighted by molar-refractivity contribution is 5.70. The number of ether oxygens (including phenoxy) is 1. The molecule has 0 aromatic rings. The molecule has 2 heteroatoms. The van der Waals surface area contributed by atoms with E-state index in [0.717, 1.165) is 6.42 Å². The van der Waals surface area contributed by atoms with Crippen molar-refractivity contribution in [1.82, 2.24) is 0 Å². The summed E-state index contributed by atoms with van der Waals surface area (Å²) >= 11 is 0. The zero-order chi connectivity index (χ0) is 9.35. The quantitative estimate of drug-likeness (QED) is 0.522. The molecule has 0 radical (unpaired) electrons. The molecule has 1 rings (SSSR count). The van der Waals surface area contributed by atoms with E-state index in [-0.39, 0.29) is 17.5 Å². The minimum Gasteiger partial charge on any atom is -0.463 e. The molecule has 0 aliphatic carbocycles. The molecule has 1 aliphatic rings. The number of rotatable bonds is 0. The summed E-state index contributed by atoms with van der Waals surface area (Å²) in [7, 11) is 0. The third-order valence-electron chi connectivity index (χ3n) is 2.59. The summed E-state index contributed by atoms with van der Waals surface area (Å²) < 4.78 is 5.07. The standard InChI is InChI=1S/C10H18O2/c1-7-5-8(10(2,3)4)6-9(11)12-7/h7-8H,5-6H2,1-4H3. The predicted molar refractivity (Wildman–Crippen MR) is 47.7 cm³/mol. The van der Waals surface area contributed by atoms with E-state index in [0.29, 0.717) is 12.3 Å². The van der Waals surface area contributed by atoms with Crippen LogP contribution in [0, 0.1) is 11.3 Å². The Kier molecular flexibility index (Phi) is 2.45. The molecule has 1 aliphatic heterocycles. The molecule has 0 saturated carbocycles. The van der Waals surface area contributed by atoms with Crippen LogP contribution < -0.4 is 0 Å². The second kappa shape index (κ2) is 3.08. The fourth-order valence-corrected chi connectivity index (χ4v) is 1.67. The number of cyclic esters (lactones) is 1. The van der Waals surface area contributed by atoms with E-state index in [1.54, 1.807) is 0 Å². The van der Waals surface area contributed by atoms with E-state index in [2.05, 4.69) is 20.8 Å². The summed E-state index contributed by atoms with van der Waals surface area (Å²) in [5.74, 6) is 0.447. The molecule has 1 fully saturated rings. The fraction of sp³-hybridized carbons (Fsp3) is 0.900. The van der Waals surface area contributed by atoms with Crippen LogP contribution in [0.15, 0.2) is 0 Å². The number of carbonyl (C=O) groups is 1.